The molecule has 4 heteroatoms. The summed E-state index contributed by atoms with van der Waals surface area (Å²) in [5.74, 6) is 0.224. The van der Waals surface area contributed by atoms with E-state index in [-0.39, 0.29) is 11.2 Å². The van der Waals surface area contributed by atoms with Crippen LogP contribution in [0.5, 0.6) is 0 Å². The lowest BCUT2D eigenvalue weighted by molar-refractivity contribution is -0.365. The van der Waals surface area contributed by atoms with Crippen LogP contribution in [0.1, 0.15) is 26.5 Å². The third-order valence-electron chi connectivity index (χ3n) is 1.80. The summed E-state index contributed by atoms with van der Waals surface area (Å²) in [7, 11) is 0. The first-order valence-corrected chi connectivity index (χ1v) is 5.06. The number of carbonyl (C=O) groups excluding carboxylic acids is 1. The molecule has 0 spiro atoms. The maximum atomic E-state index is 11.6. The number of Topliss-reactive ketones (excluding diaryl/α,β-unsaturated/α-hetero) is 1. The van der Waals surface area contributed by atoms with Crippen molar-refractivity contribution < 1.29 is 9.78 Å². The number of ketones is 1. The quantitative estimate of drug-likeness (QED) is 0.780. The molecule has 0 fully saturated rings. The van der Waals surface area contributed by atoms with Gasteiger partial charge in [0.2, 0.25) is 0 Å². The van der Waals surface area contributed by atoms with Gasteiger partial charge in [-0.25, -0.2) is 4.98 Å². The smallest absolute Gasteiger partial charge is 0.299 e. The van der Waals surface area contributed by atoms with Crippen LogP contribution in [0.15, 0.2) is 5.38 Å². The Hall–Kier alpha value is -0.900. The van der Waals surface area contributed by atoms with Crippen molar-refractivity contribution in [2.24, 2.45) is 5.41 Å². The normalized spacial score (nSPS) is 11.6. The van der Waals surface area contributed by atoms with E-state index in [1.165, 1.54) is 11.3 Å². The lowest BCUT2D eigenvalue weighted by Crippen LogP contribution is -2.25. The molecule has 3 N–H and O–H groups in total. The number of nitrogens with one attached hydrogen (secondary N) is 1. The number of nitrogen functional groups attached to an aromatic ring is 1. The highest BCUT2D eigenvalue weighted by molar-refractivity contribution is 7.13. The molecule has 0 saturated carbocycles. The number of hydrogen-bond donors (Lipinski definition) is 1. The standard InChI is InChI=1S/C9H14N2OS/c1-9(2,3)7(12)4-6-5-13-8(10)11-6/h5H,4H2,1-3H3,(H2,10,11)/p+1. The summed E-state index contributed by atoms with van der Waals surface area (Å²) in [6, 6.07) is 0. The number of nitrogens with two attached hydrogens (primary N) is 1. The number of thiazole rings is 1. The fraction of sp³-hybridized carbons (Fsp3) is 0.556. The molecule has 0 amide bonds. The molecule has 0 saturated heterocycles. The molecule has 0 aliphatic rings. The Labute approximate surface area is 82.0 Å². The summed E-state index contributed by atoms with van der Waals surface area (Å²) < 4.78 is 0. The van der Waals surface area contributed by atoms with Gasteiger partial charge in [0.05, 0.1) is 6.42 Å². The number of H-pyrrole nitrogens is 1. The molecule has 3 nitrogen and oxygen atoms in total. The minimum Gasteiger partial charge on any atom is -0.299 e. The molecule has 0 unspecified atom stereocenters. The van der Waals surface area contributed by atoms with Crippen LogP contribution in [0, 0.1) is 5.41 Å². The number of rotatable bonds is 2. The molecule has 0 aromatic carbocycles. The van der Waals surface area contributed by atoms with Crippen LogP contribution in [0.4, 0.5) is 5.13 Å². The Balaban J connectivity index is 2.65. The van der Waals surface area contributed by atoms with E-state index in [1.807, 2.05) is 26.2 Å². The average molecular weight is 199 g/mol. The van der Waals surface area contributed by atoms with Gasteiger partial charge >= 0.3 is 5.13 Å². The number of aromatic amines is 1. The molecule has 0 aliphatic heterocycles. The van der Waals surface area contributed by atoms with E-state index in [1.54, 1.807) is 0 Å². The summed E-state index contributed by atoms with van der Waals surface area (Å²) in [5, 5.41) is 2.54. The highest BCUT2D eigenvalue weighted by Crippen LogP contribution is 2.17. The number of anilines is 1. The fourth-order valence-corrected chi connectivity index (χ4v) is 1.48. The summed E-state index contributed by atoms with van der Waals surface area (Å²) in [5.41, 5.74) is 6.15. The van der Waals surface area contributed by atoms with Crippen molar-refractivity contribution in [1.82, 2.24) is 0 Å². The van der Waals surface area contributed by atoms with Crippen molar-refractivity contribution in [2.45, 2.75) is 27.2 Å². The zero-order chi connectivity index (χ0) is 10.1. The van der Waals surface area contributed by atoms with Crippen LogP contribution in [-0.2, 0) is 11.2 Å². The minimum atomic E-state index is -0.273. The van der Waals surface area contributed by atoms with Crippen LogP contribution < -0.4 is 10.7 Å². The first-order chi connectivity index (χ1) is 5.89. The van der Waals surface area contributed by atoms with Gasteiger partial charge in [-0.3, -0.25) is 10.5 Å². The molecular formula is C9H15N2OS+. The fourth-order valence-electron chi connectivity index (χ4n) is 0.876. The predicted molar refractivity (Wildman–Crippen MR) is 53.5 cm³/mol. The maximum Gasteiger partial charge on any atom is 0.329 e. The van der Waals surface area contributed by atoms with E-state index in [0.717, 1.165) is 5.69 Å². The van der Waals surface area contributed by atoms with Gasteiger partial charge in [0.25, 0.3) is 0 Å². The Morgan fingerprint density at radius 2 is 2.23 bits per heavy atom. The topological polar surface area (TPSA) is 57.2 Å². The van der Waals surface area contributed by atoms with Crippen LogP contribution in [0.2, 0.25) is 0 Å². The Kier molecular flexibility index (Phi) is 2.71. The Morgan fingerprint density at radius 1 is 1.62 bits per heavy atom. The molecule has 1 heterocycles. The Morgan fingerprint density at radius 3 is 2.62 bits per heavy atom. The van der Waals surface area contributed by atoms with Crippen LogP contribution in [0.25, 0.3) is 0 Å². The van der Waals surface area contributed by atoms with Gasteiger partial charge in [-0.2, -0.15) is 0 Å². The van der Waals surface area contributed by atoms with E-state index in [9.17, 15) is 4.79 Å². The van der Waals surface area contributed by atoms with Crippen molar-refractivity contribution in [3.63, 3.8) is 0 Å². The van der Waals surface area contributed by atoms with E-state index >= 15 is 0 Å². The summed E-state index contributed by atoms with van der Waals surface area (Å²) in [6.45, 7) is 5.77. The molecule has 1 aromatic rings. The highest BCUT2D eigenvalue weighted by atomic mass is 32.1. The third kappa shape index (κ3) is 2.81. The summed E-state index contributed by atoms with van der Waals surface area (Å²) in [4.78, 5) is 14.5. The molecule has 0 atom stereocenters. The zero-order valence-electron chi connectivity index (χ0n) is 8.18. The molecule has 1 rings (SSSR count). The third-order valence-corrected chi connectivity index (χ3v) is 2.56. The van der Waals surface area contributed by atoms with Crippen molar-refractivity contribution in [2.75, 3.05) is 5.73 Å². The van der Waals surface area contributed by atoms with Gasteiger partial charge in [0, 0.05) is 10.8 Å². The second-order valence-corrected chi connectivity index (χ2v) is 5.01. The Bertz CT molecular complexity index is 312. The lowest BCUT2D eigenvalue weighted by Gasteiger charge is -2.14. The van der Waals surface area contributed by atoms with Gasteiger partial charge in [-0.15, -0.1) is 0 Å². The molecule has 0 aliphatic carbocycles. The molecule has 72 valence electrons. The van der Waals surface area contributed by atoms with Gasteiger partial charge in [0.15, 0.2) is 0 Å². The van der Waals surface area contributed by atoms with Crippen molar-refractivity contribution >= 4 is 22.3 Å². The van der Waals surface area contributed by atoms with Gasteiger partial charge in [0.1, 0.15) is 11.5 Å². The van der Waals surface area contributed by atoms with Crippen molar-refractivity contribution in [3.8, 4) is 0 Å². The minimum absolute atomic E-state index is 0.224. The van der Waals surface area contributed by atoms with Gasteiger partial charge in [-0.05, 0) is 0 Å². The lowest BCUT2D eigenvalue weighted by atomic mass is 9.88. The van der Waals surface area contributed by atoms with Crippen molar-refractivity contribution in [3.05, 3.63) is 11.1 Å². The van der Waals surface area contributed by atoms with E-state index in [2.05, 4.69) is 4.98 Å². The molecular weight excluding hydrogens is 184 g/mol. The first kappa shape index (κ1) is 10.2. The van der Waals surface area contributed by atoms with E-state index in [4.69, 9.17) is 5.73 Å². The molecule has 0 bridgehead atoms. The van der Waals surface area contributed by atoms with Crippen LogP contribution in [0.3, 0.4) is 0 Å². The predicted octanol–water partition coefficient (Wildman–Crippen LogP) is 1.30. The second-order valence-electron chi connectivity index (χ2n) is 4.10. The largest absolute Gasteiger partial charge is 0.329 e. The molecule has 0 radical (unpaired) electrons. The number of carbonyl (C=O) groups is 1. The van der Waals surface area contributed by atoms with Crippen molar-refractivity contribution in [1.29, 1.82) is 0 Å². The molecule has 1 aromatic heterocycles. The summed E-state index contributed by atoms with van der Waals surface area (Å²) >= 11 is 1.43. The van der Waals surface area contributed by atoms with E-state index < -0.39 is 0 Å². The number of hydrogen-bond acceptors (Lipinski definition) is 3. The SMILES string of the molecule is CC(C)(C)C(=O)Cc1csc(N)[nH+]1. The van der Waals surface area contributed by atoms with Gasteiger partial charge in [-0.1, -0.05) is 32.1 Å². The highest BCUT2D eigenvalue weighted by Gasteiger charge is 2.22. The monoisotopic (exact) mass is 199 g/mol. The molecule has 13 heavy (non-hydrogen) atoms. The number of aromatic nitrogens is 1. The second kappa shape index (κ2) is 3.46. The van der Waals surface area contributed by atoms with Crippen LogP contribution >= 0.6 is 11.3 Å². The average Bonchev–Trinajstić information content (AvgIpc) is 2.33. The summed E-state index contributed by atoms with van der Waals surface area (Å²) in [6.07, 6.45) is 0.442. The first-order valence-electron chi connectivity index (χ1n) is 4.18. The van der Waals surface area contributed by atoms with Gasteiger partial charge < -0.3 is 0 Å². The maximum absolute atomic E-state index is 11.6. The van der Waals surface area contributed by atoms with Crippen LogP contribution in [-0.4, -0.2) is 5.78 Å². The van der Waals surface area contributed by atoms with E-state index in [0.29, 0.717) is 11.6 Å². The zero-order valence-corrected chi connectivity index (χ0v) is 8.99.